The molecule has 1 atom stereocenters. The molecular weight excluding hydrogens is 407 g/mol. The van der Waals surface area contributed by atoms with Gasteiger partial charge in [0.15, 0.2) is 6.10 Å². The highest BCUT2D eigenvalue weighted by Gasteiger charge is 2.26. The van der Waals surface area contributed by atoms with Gasteiger partial charge >= 0.3 is 5.97 Å². The molecule has 1 amide bonds. The molecule has 0 bridgehead atoms. The normalized spacial score (nSPS) is 15.4. The van der Waals surface area contributed by atoms with E-state index in [1.807, 2.05) is 0 Å². The summed E-state index contributed by atoms with van der Waals surface area (Å²) >= 11 is 0. The lowest BCUT2D eigenvalue weighted by Gasteiger charge is -2.35. The van der Waals surface area contributed by atoms with Crippen LogP contribution in [0.15, 0.2) is 45.8 Å². The summed E-state index contributed by atoms with van der Waals surface area (Å²) in [6.07, 6.45) is 0.458. The molecule has 0 aliphatic carbocycles. The molecule has 8 nitrogen and oxygen atoms in total. The smallest absolute Gasteiger partial charge is 0.303 e. The molecule has 0 saturated carbocycles. The molecule has 1 fully saturated rings. The summed E-state index contributed by atoms with van der Waals surface area (Å²) in [5, 5.41) is 0. The number of ether oxygens (including phenoxy) is 2. The Morgan fingerprint density at radius 3 is 2.58 bits per heavy atom. The van der Waals surface area contributed by atoms with Crippen LogP contribution in [0.1, 0.15) is 25.2 Å². The number of nitrogens with zero attached hydrogens (tertiary/aromatic N) is 2. The summed E-state index contributed by atoms with van der Waals surface area (Å²) in [5.74, 6) is -0.538. The first-order valence-corrected chi connectivity index (χ1v) is 9.99. The first kappa shape index (κ1) is 22.5. The van der Waals surface area contributed by atoms with E-state index in [9.17, 15) is 18.8 Å². The summed E-state index contributed by atoms with van der Waals surface area (Å²) in [6, 6.07) is 7.33. The molecule has 1 aliphatic rings. The number of halogens is 1. The van der Waals surface area contributed by atoms with Gasteiger partial charge in [-0.05, 0) is 24.6 Å². The minimum absolute atomic E-state index is 0.0582. The summed E-state index contributed by atoms with van der Waals surface area (Å²) < 4.78 is 29.1. The van der Waals surface area contributed by atoms with E-state index in [2.05, 4.69) is 4.90 Å². The van der Waals surface area contributed by atoms with Gasteiger partial charge in [0.25, 0.3) is 5.91 Å². The topological polar surface area (TPSA) is 89.3 Å². The second kappa shape index (κ2) is 10.2. The molecule has 31 heavy (non-hydrogen) atoms. The molecule has 0 unspecified atom stereocenters. The van der Waals surface area contributed by atoms with E-state index in [0.717, 1.165) is 0 Å². The lowest BCUT2D eigenvalue weighted by atomic mass is 10.2. The zero-order valence-corrected chi connectivity index (χ0v) is 17.5. The Morgan fingerprint density at radius 2 is 1.94 bits per heavy atom. The number of carbonyl (C=O) groups is 2. The zero-order chi connectivity index (χ0) is 22.4. The van der Waals surface area contributed by atoms with Crippen molar-refractivity contribution in [2.75, 3.05) is 26.2 Å². The van der Waals surface area contributed by atoms with Crippen molar-refractivity contribution in [2.45, 2.75) is 33.1 Å². The average molecular weight is 432 g/mol. The molecule has 1 aromatic carbocycles. The van der Waals surface area contributed by atoms with Gasteiger partial charge in [-0.3, -0.25) is 19.3 Å². The van der Waals surface area contributed by atoms with Crippen LogP contribution >= 0.6 is 0 Å². The van der Waals surface area contributed by atoms with Crippen LogP contribution in [0.5, 0.6) is 5.75 Å². The first-order valence-electron chi connectivity index (χ1n) is 9.99. The fourth-order valence-electron chi connectivity index (χ4n) is 3.32. The third-order valence-corrected chi connectivity index (χ3v) is 4.89. The highest BCUT2D eigenvalue weighted by Crippen LogP contribution is 2.13. The Labute approximate surface area is 179 Å². The average Bonchev–Trinajstić information content (AvgIpc) is 2.73. The second-order valence-corrected chi connectivity index (χ2v) is 7.35. The Kier molecular flexibility index (Phi) is 7.41. The largest absolute Gasteiger partial charge is 0.482 e. The van der Waals surface area contributed by atoms with Crippen molar-refractivity contribution in [3.63, 3.8) is 0 Å². The van der Waals surface area contributed by atoms with Crippen molar-refractivity contribution >= 4 is 11.9 Å². The molecule has 1 aliphatic heterocycles. The van der Waals surface area contributed by atoms with Crippen LogP contribution in [0.3, 0.4) is 0 Å². The SMILES string of the molecule is CC(=O)O[C@@H](C)C(=O)N1CCN(Cc2cc(=O)c(OCc3cccc(F)c3)co2)CC1. The minimum atomic E-state index is -0.804. The van der Waals surface area contributed by atoms with Gasteiger partial charge < -0.3 is 18.8 Å². The lowest BCUT2D eigenvalue weighted by molar-refractivity contribution is -0.158. The van der Waals surface area contributed by atoms with Gasteiger partial charge in [0.1, 0.15) is 24.4 Å². The van der Waals surface area contributed by atoms with Crippen LogP contribution in [-0.2, 0) is 27.5 Å². The van der Waals surface area contributed by atoms with Gasteiger partial charge in [-0.25, -0.2) is 4.39 Å². The Hall–Kier alpha value is -3.20. The molecule has 1 aromatic heterocycles. The predicted molar refractivity (Wildman–Crippen MR) is 109 cm³/mol. The standard InChI is InChI=1S/C22H25FN2O6/c1-15(31-16(2)26)22(28)25-8-6-24(7-9-25)12-19-11-20(27)21(14-29-19)30-13-17-4-3-5-18(23)10-17/h3-5,10-11,14-15H,6-9,12-13H2,1-2H3/t15-/m0/s1. The summed E-state index contributed by atoms with van der Waals surface area (Å²) in [6.45, 7) is 5.48. The number of esters is 1. The van der Waals surface area contributed by atoms with Crippen LogP contribution in [0.2, 0.25) is 0 Å². The van der Waals surface area contributed by atoms with Crippen LogP contribution < -0.4 is 10.2 Å². The van der Waals surface area contributed by atoms with Gasteiger partial charge in [-0.15, -0.1) is 0 Å². The van der Waals surface area contributed by atoms with Crippen LogP contribution in [0.4, 0.5) is 4.39 Å². The van der Waals surface area contributed by atoms with Crippen molar-refractivity contribution in [1.29, 1.82) is 0 Å². The number of hydrogen-bond donors (Lipinski definition) is 0. The Balaban J connectivity index is 1.50. The van der Waals surface area contributed by atoms with E-state index in [1.165, 1.54) is 31.4 Å². The van der Waals surface area contributed by atoms with E-state index in [0.29, 0.717) is 44.0 Å². The van der Waals surface area contributed by atoms with Crippen molar-refractivity contribution in [1.82, 2.24) is 9.80 Å². The summed E-state index contributed by atoms with van der Waals surface area (Å²) in [7, 11) is 0. The van der Waals surface area contributed by atoms with Gasteiger partial charge in [0.2, 0.25) is 11.2 Å². The van der Waals surface area contributed by atoms with Crippen LogP contribution in [0.25, 0.3) is 0 Å². The van der Waals surface area contributed by atoms with E-state index < -0.39 is 12.1 Å². The van der Waals surface area contributed by atoms with Crippen molar-refractivity contribution in [3.8, 4) is 5.75 Å². The van der Waals surface area contributed by atoms with Gasteiger partial charge in [0.05, 0.1) is 6.54 Å². The molecule has 2 heterocycles. The monoisotopic (exact) mass is 432 g/mol. The number of carbonyl (C=O) groups excluding carboxylic acids is 2. The number of hydrogen-bond acceptors (Lipinski definition) is 7. The van der Waals surface area contributed by atoms with E-state index >= 15 is 0 Å². The first-order chi connectivity index (χ1) is 14.8. The van der Waals surface area contributed by atoms with E-state index in [-0.39, 0.29) is 29.5 Å². The predicted octanol–water partition coefficient (Wildman–Crippen LogP) is 1.95. The van der Waals surface area contributed by atoms with Crippen molar-refractivity contribution in [3.05, 3.63) is 64.0 Å². The van der Waals surface area contributed by atoms with Crippen LogP contribution in [-0.4, -0.2) is 54.0 Å². The molecule has 1 saturated heterocycles. The van der Waals surface area contributed by atoms with Gasteiger partial charge in [-0.2, -0.15) is 0 Å². The third-order valence-electron chi connectivity index (χ3n) is 4.89. The molecule has 0 spiro atoms. The van der Waals surface area contributed by atoms with Gasteiger partial charge in [-0.1, -0.05) is 12.1 Å². The zero-order valence-electron chi connectivity index (χ0n) is 17.5. The highest BCUT2D eigenvalue weighted by atomic mass is 19.1. The molecular formula is C22H25FN2O6. The maximum absolute atomic E-state index is 13.2. The number of piperazine rings is 1. The maximum Gasteiger partial charge on any atom is 0.303 e. The summed E-state index contributed by atoms with van der Waals surface area (Å²) in [4.78, 5) is 39.3. The second-order valence-electron chi connectivity index (χ2n) is 7.35. The molecule has 0 N–H and O–H groups in total. The number of amides is 1. The Morgan fingerprint density at radius 1 is 1.19 bits per heavy atom. The number of rotatable bonds is 7. The van der Waals surface area contributed by atoms with Crippen LogP contribution in [0, 0.1) is 5.82 Å². The molecule has 3 rings (SSSR count). The molecule has 9 heteroatoms. The van der Waals surface area contributed by atoms with Crippen molar-refractivity contribution < 1.29 is 27.9 Å². The maximum atomic E-state index is 13.2. The molecule has 0 radical (unpaired) electrons. The van der Waals surface area contributed by atoms with Crippen molar-refractivity contribution in [2.24, 2.45) is 0 Å². The Bertz CT molecular complexity index is 984. The fourth-order valence-corrected chi connectivity index (χ4v) is 3.32. The quantitative estimate of drug-likeness (QED) is 0.618. The fraction of sp³-hybridized carbons (Fsp3) is 0.409. The minimum Gasteiger partial charge on any atom is -0.482 e. The highest BCUT2D eigenvalue weighted by molar-refractivity contribution is 5.83. The van der Waals surface area contributed by atoms with E-state index in [1.54, 1.807) is 24.0 Å². The van der Waals surface area contributed by atoms with E-state index in [4.69, 9.17) is 13.9 Å². The summed E-state index contributed by atoms with van der Waals surface area (Å²) in [5.41, 5.74) is 0.292. The lowest BCUT2D eigenvalue weighted by Crippen LogP contribution is -2.51. The molecule has 166 valence electrons. The van der Waals surface area contributed by atoms with Gasteiger partial charge in [0, 0.05) is 39.2 Å². The molecule has 2 aromatic rings. The number of benzene rings is 1. The third kappa shape index (κ3) is 6.39.